The van der Waals surface area contributed by atoms with Crippen molar-refractivity contribution >= 4 is 27.6 Å². The van der Waals surface area contributed by atoms with E-state index in [9.17, 15) is 9.59 Å². The molecular formula is C15H22BrN3O4. The first kappa shape index (κ1) is 18.0. The third-order valence-electron chi connectivity index (χ3n) is 3.58. The number of carbonyl (C=O) groups excluding carboxylic acids is 1. The molecule has 1 fully saturated rings. The van der Waals surface area contributed by atoms with Crippen LogP contribution in [0, 0.1) is 0 Å². The normalized spacial score (nSPS) is 18.0. The lowest BCUT2D eigenvalue weighted by Gasteiger charge is -2.32. The molecule has 1 aromatic heterocycles. The number of anilines is 1. The van der Waals surface area contributed by atoms with Gasteiger partial charge in [-0.1, -0.05) is 0 Å². The number of hydrogen-bond donors (Lipinski definition) is 1. The Kier molecular flexibility index (Phi) is 6.61. The highest BCUT2D eigenvalue weighted by molar-refractivity contribution is 9.10. The number of aryl methyl sites for hydroxylation is 1. The molecule has 0 aliphatic carbocycles. The van der Waals surface area contributed by atoms with Crippen LogP contribution in [0.3, 0.4) is 0 Å². The SMILES string of the molecule is CCOCC1CN(C(=O)Nc2cn(CC)cc(Br)c2=O)CCO1. The van der Waals surface area contributed by atoms with Gasteiger partial charge in [0.1, 0.15) is 5.69 Å². The van der Waals surface area contributed by atoms with Crippen molar-refractivity contribution in [1.82, 2.24) is 9.47 Å². The number of pyridine rings is 1. The first-order valence-corrected chi connectivity index (χ1v) is 8.49. The fourth-order valence-corrected chi connectivity index (χ4v) is 2.79. The van der Waals surface area contributed by atoms with Gasteiger partial charge in [-0.05, 0) is 29.8 Å². The summed E-state index contributed by atoms with van der Waals surface area (Å²) in [4.78, 5) is 26.2. The summed E-state index contributed by atoms with van der Waals surface area (Å²) in [7, 11) is 0. The topological polar surface area (TPSA) is 72.8 Å². The van der Waals surface area contributed by atoms with Crippen molar-refractivity contribution < 1.29 is 14.3 Å². The van der Waals surface area contributed by atoms with Crippen LogP contribution >= 0.6 is 15.9 Å². The van der Waals surface area contributed by atoms with Crippen LogP contribution in [-0.4, -0.2) is 54.5 Å². The van der Waals surface area contributed by atoms with Gasteiger partial charge >= 0.3 is 6.03 Å². The summed E-state index contributed by atoms with van der Waals surface area (Å²) < 4.78 is 13.2. The molecule has 8 heteroatoms. The Labute approximate surface area is 143 Å². The lowest BCUT2D eigenvalue weighted by atomic mass is 10.3. The first-order chi connectivity index (χ1) is 11.0. The Morgan fingerprint density at radius 3 is 2.96 bits per heavy atom. The second-order valence-electron chi connectivity index (χ2n) is 5.21. The van der Waals surface area contributed by atoms with Crippen LogP contribution in [0.2, 0.25) is 0 Å². The zero-order valence-electron chi connectivity index (χ0n) is 13.4. The molecule has 23 heavy (non-hydrogen) atoms. The van der Waals surface area contributed by atoms with Gasteiger partial charge < -0.3 is 24.3 Å². The summed E-state index contributed by atoms with van der Waals surface area (Å²) in [6.45, 7) is 7.05. The minimum Gasteiger partial charge on any atom is -0.379 e. The Morgan fingerprint density at radius 1 is 1.48 bits per heavy atom. The number of rotatable bonds is 5. The molecule has 0 spiro atoms. The highest BCUT2D eigenvalue weighted by Crippen LogP contribution is 2.12. The van der Waals surface area contributed by atoms with Gasteiger partial charge in [0.05, 0.1) is 30.3 Å². The summed E-state index contributed by atoms with van der Waals surface area (Å²) in [5.41, 5.74) is 0.0289. The molecule has 0 radical (unpaired) electrons. The quantitative estimate of drug-likeness (QED) is 0.837. The maximum absolute atomic E-state index is 12.4. The number of ether oxygens (including phenoxy) is 2. The molecule has 2 amide bonds. The van der Waals surface area contributed by atoms with E-state index in [-0.39, 0.29) is 23.3 Å². The standard InChI is InChI=1S/C15H22BrN3O4/c1-3-18-8-12(16)14(20)13(9-18)17-15(21)19-5-6-23-11(7-19)10-22-4-2/h8-9,11H,3-7,10H2,1-2H3,(H,17,21). The minimum atomic E-state index is -0.298. The fourth-order valence-electron chi connectivity index (χ4n) is 2.31. The average Bonchev–Trinajstić information content (AvgIpc) is 2.57. The Balaban J connectivity index is 2.04. The monoisotopic (exact) mass is 387 g/mol. The van der Waals surface area contributed by atoms with E-state index in [1.165, 1.54) is 0 Å². The zero-order chi connectivity index (χ0) is 16.8. The number of nitrogens with one attached hydrogen (secondary N) is 1. The molecule has 1 saturated heterocycles. The van der Waals surface area contributed by atoms with Crippen molar-refractivity contribution in [2.24, 2.45) is 0 Å². The van der Waals surface area contributed by atoms with Gasteiger partial charge in [0.2, 0.25) is 5.43 Å². The van der Waals surface area contributed by atoms with Crippen LogP contribution in [0.1, 0.15) is 13.8 Å². The molecule has 1 unspecified atom stereocenters. The van der Waals surface area contributed by atoms with Crippen LogP contribution in [0.4, 0.5) is 10.5 Å². The van der Waals surface area contributed by atoms with E-state index < -0.39 is 0 Å². The summed E-state index contributed by atoms with van der Waals surface area (Å²) in [6.07, 6.45) is 3.21. The van der Waals surface area contributed by atoms with Gasteiger partial charge in [0.25, 0.3) is 0 Å². The van der Waals surface area contributed by atoms with Crippen molar-refractivity contribution in [2.45, 2.75) is 26.5 Å². The smallest absolute Gasteiger partial charge is 0.322 e. The van der Waals surface area contributed by atoms with Crippen LogP contribution in [0.5, 0.6) is 0 Å². The van der Waals surface area contributed by atoms with E-state index in [4.69, 9.17) is 9.47 Å². The third-order valence-corrected chi connectivity index (χ3v) is 4.14. The maximum Gasteiger partial charge on any atom is 0.322 e. The lowest BCUT2D eigenvalue weighted by Crippen LogP contribution is -2.49. The Bertz CT molecular complexity index is 605. The number of carbonyl (C=O) groups is 1. The lowest BCUT2D eigenvalue weighted by molar-refractivity contribution is -0.0555. The molecule has 0 saturated carbocycles. The number of aromatic nitrogens is 1. The molecule has 128 valence electrons. The Hall–Kier alpha value is -1.38. The number of nitrogens with zero attached hydrogens (tertiary/aromatic N) is 2. The van der Waals surface area contributed by atoms with E-state index in [1.54, 1.807) is 17.3 Å². The molecule has 0 bridgehead atoms. The van der Waals surface area contributed by atoms with Gasteiger partial charge in [0, 0.05) is 32.1 Å². The van der Waals surface area contributed by atoms with E-state index >= 15 is 0 Å². The predicted octanol–water partition coefficient (Wildman–Crippen LogP) is 1.90. The number of morpholine rings is 1. The second kappa shape index (κ2) is 8.47. The van der Waals surface area contributed by atoms with Gasteiger partial charge in [-0.3, -0.25) is 4.79 Å². The van der Waals surface area contributed by atoms with Gasteiger partial charge in [-0.15, -0.1) is 0 Å². The fraction of sp³-hybridized carbons (Fsp3) is 0.600. The van der Waals surface area contributed by atoms with Crippen molar-refractivity contribution in [3.05, 3.63) is 27.1 Å². The predicted molar refractivity (Wildman–Crippen MR) is 90.9 cm³/mol. The van der Waals surface area contributed by atoms with Crippen LogP contribution in [0.25, 0.3) is 0 Å². The number of urea groups is 1. The van der Waals surface area contributed by atoms with Crippen LogP contribution in [-0.2, 0) is 16.0 Å². The van der Waals surface area contributed by atoms with Gasteiger partial charge in [-0.2, -0.15) is 0 Å². The van der Waals surface area contributed by atoms with Crippen molar-refractivity contribution in [1.29, 1.82) is 0 Å². The summed E-state index contributed by atoms with van der Waals surface area (Å²) in [5, 5.41) is 2.70. The number of amides is 2. The van der Waals surface area contributed by atoms with Crippen LogP contribution < -0.4 is 10.7 Å². The van der Waals surface area contributed by atoms with Crippen molar-refractivity contribution in [3.63, 3.8) is 0 Å². The molecule has 2 rings (SSSR count). The maximum atomic E-state index is 12.4. The van der Waals surface area contributed by atoms with E-state index in [0.29, 0.717) is 43.9 Å². The van der Waals surface area contributed by atoms with E-state index in [1.807, 2.05) is 18.4 Å². The number of halogens is 1. The van der Waals surface area contributed by atoms with E-state index in [0.717, 1.165) is 0 Å². The summed E-state index contributed by atoms with van der Waals surface area (Å²) >= 11 is 3.23. The molecule has 7 nitrogen and oxygen atoms in total. The second-order valence-corrected chi connectivity index (χ2v) is 6.06. The van der Waals surface area contributed by atoms with Crippen molar-refractivity contribution in [3.8, 4) is 0 Å². The molecule has 0 aromatic carbocycles. The Morgan fingerprint density at radius 2 is 2.26 bits per heavy atom. The van der Waals surface area contributed by atoms with Gasteiger partial charge in [0.15, 0.2) is 0 Å². The molecule has 1 aromatic rings. The largest absolute Gasteiger partial charge is 0.379 e. The zero-order valence-corrected chi connectivity index (χ0v) is 15.0. The first-order valence-electron chi connectivity index (χ1n) is 7.70. The molecule has 1 aliphatic heterocycles. The highest BCUT2D eigenvalue weighted by atomic mass is 79.9. The molecular weight excluding hydrogens is 366 g/mol. The molecule has 1 atom stereocenters. The van der Waals surface area contributed by atoms with Crippen molar-refractivity contribution in [2.75, 3.05) is 38.2 Å². The molecule has 2 heterocycles. The molecule has 1 aliphatic rings. The van der Waals surface area contributed by atoms with Gasteiger partial charge in [-0.25, -0.2) is 4.79 Å². The number of hydrogen-bond acceptors (Lipinski definition) is 4. The summed E-state index contributed by atoms with van der Waals surface area (Å²) in [5.74, 6) is 0. The minimum absolute atomic E-state index is 0.135. The van der Waals surface area contributed by atoms with Crippen LogP contribution in [0.15, 0.2) is 21.7 Å². The van der Waals surface area contributed by atoms with E-state index in [2.05, 4.69) is 21.2 Å². The highest BCUT2D eigenvalue weighted by Gasteiger charge is 2.25. The third kappa shape index (κ3) is 4.79. The summed E-state index contributed by atoms with van der Waals surface area (Å²) in [6, 6.07) is -0.298. The molecule has 1 N–H and O–H groups in total. The average molecular weight is 388 g/mol.